The van der Waals surface area contributed by atoms with Crippen LogP contribution in [0, 0.1) is 0 Å². The van der Waals surface area contributed by atoms with E-state index in [4.69, 9.17) is 0 Å². The van der Waals surface area contributed by atoms with Crippen LogP contribution in [0.5, 0.6) is 5.75 Å². The lowest BCUT2D eigenvalue weighted by Crippen LogP contribution is -2.19. The van der Waals surface area contributed by atoms with Crippen LogP contribution in [0.25, 0.3) is 6.08 Å². The molecule has 0 aliphatic rings. The number of rotatable bonds is 3. The Bertz CT molecular complexity index is 367. The van der Waals surface area contributed by atoms with E-state index in [1.165, 1.54) is 12.1 Å². The Balaban J connectivity index is 2.62. The first-order valence-corrected chi connectivity index (χ1v) is 5.78. The number of benzene rings is 1. The second-order valence-electron chi connectivity index (χ2n) is 2.91. The fraction of sp³-hybridized carbons (Fsp3) is 0.200. The van der Waals surface area contributed by atoms with E-state index in [0.29, 0.717) is 0 Å². The molecule has 0 fully saturated rings. The Hall–Kier alpha value is -0.490. The molecule has 0 radical (unpaired) electrons. The van der Waals surface area contributed by atoms with Crippen LogP contribution in [0.4, 0.5) is 13.2 Å². The number of alkyl halides is 3. The van der Waals surface area contributed by atoms with E-state index in [-0.39, 0.29) is 5.75 Å². The van der Waals surface area contributed by atoms with Crippen molar-refractivity contribution < 1.29 is 17.9 Å². The summed E-state index contributed by atoms with van der Waals surface area (Å²) in [5.41, 5.74) is 0.850. The van der Waals surface area contributed by atoms with E-state index < -0.39 is 12.8 Å². The van der Waals surface area contributed by atoms with E-state index in [2.05, 4.69) is 36.6 Å². The SMILES string of the molecule is FC(F)(F)COc1ccc(C=C(Br)Br)cc1. The van der Waals surface area contributed by atoms with Crippen LogP contribution in [-0.4, -0.2) is 12.8 Å². The zero-order valence-corrected chi connectivity index (χ0v) is 11.1. The molecule has 16 heavy (non-hydrogen) atoms. The molecule has 1 aromatic carbocycles. The standard InChI is InChI=1S/C10H7Br2F3O/c11-9(12)5-7-1-3-8(4-2-7)16-6-10(13,14)15/h1-5H,6H2. The lowest BCUT2D eigenvalue weighted by molar-refractivity contribution is -0.153. The van der Waals surface area contributed by atoms with Crippen molar-refractivity contribution in [2.24, 2.45) is 0 Å². The summed E-state index contributed by atoms with van der Waals surface area (Å²) in [6.07, 6.45) is -2.54. The summed E-state index contributed by atoms with van der Waals surface area (Å²) in [6, 6.07) is 6.30. The molecule has 0 aliphatic carbocycles. The van der Waals surface area contributed by atoms with Gasteiger partial charge in [0.2, 0.25) is 0 Å². The first-order valence-electron chi connectivity index (χ1n) is 4.19. The van der Waals surface area contributed by atoms with Gasteiger partial charge in [-0.15, -0.1) is 0 Å². The Kier molecular flexibility index (Phi) is 4.86. The van der Waals surface area contributed by atoms with Crippen LogP contribution in [0.15, 0.2) is 27.7 Å². The van der Waals surface area contributed by atoms with Crippen molar-refractivity contribution >= 4 is 37.9 Å². The van der Waals surface area contributed by atoms with Gasteiger partial charge in [-0.05, 0) is 55.6 Å². The largest absolute Gasteiger partial charge is 0.484 e. The van der Waals surface area contributed by atoms with Crippen molar-refractivity contribution in [1.29, 1.82) is 0 Å². The molecular weight excluding hydrogens is 353 g/mol. The lowest BCUT2D eigenvalue weighted by Gasteiger charge is -2.08. The van der Waals surface area contributed by atoms with Gasteiger partial charge in [0.05, 0.1) is 3.39 Å². The summed E-state index contributed by atoms with van der Waals surface area (Å²) in [4.78, 5) is 0. The molecule has 1 nitrogen and oxygen atoms in total. The number of hydrogen-bond donors (Lipinski definition) is 0. The molecule has 0 aromatic heterocycles. The van der Waals surface area contributed by atoms with Gasteiger partial charge in [-0.2, -0.15) is 13.2 Å². The van der Waals surface area contributed by atoms with Gasteiger partial charge in [0, 0.05) is 0 Å². The zero-order valence-electron chi connectivity index (χ0n) is 7.89. The zero-order chi connectivity index (χ0) is 12.2. The van der Waals surface area contributed by atoms with Gasteiger partial charge < -0.3 is 4.74 Å². The molecule has 0 heterocycles. The third-order valence-corrected chi connectivity index (χ3v) is 2.02. The van der Waals surface area contributed by atoms with Crippen LogP contribution in [0.3, 0.4) is 0 Å². The summed E-state index contributed by atoms with van der Waals surface area (Å²) in [5, 5.41) is 0. The molecule has 1 aromatic rings. The van der Waals surface area contributed by atoms with Crippen LogP contribution in [0.2, 0.25) is 0 Å². The fourth-order valence-electron chi connectivity index (χ4n) is 0.951. The monoisotopic (exact) mass is 358 g/mol. The first-order chi connectivity index (χ1) is 7.37. The van der Waals surface area contributed by atoms with Crippen molar-refractivity contribution in [2.45, 2.75) is 6.18 Å². The van der Waals surface area contributed by atoms with Gasteiger partial charge in [-0.3, -0.25) is 0 Å². The Morgan fingerprint density at radius 1 is 1.19 bits per heavy atom. The third kappa shape index (κ3) is 5.55. The normalized spacial score (nSPS) is 11.1. The maximum absolute atomic E-state index is 11.8. The number of ether oxygens (including phenoxy) is 1. The molecule has 0 saturated carbocycles. The van der Waals surface area contributed by atoms with Gasteiger partial charge in [-0.25, -0.2) is 0 Å². The highest BCUT2D eigenvalue weighted by Gasteiger charge is 2.28. The van der Waals surface area contributed by atoms with Gasteiger partial charge in [0.1, 0.15) is 5.75 Å². The summed E-state index contributed by atoms with van der Waals surface area (Å²) in [5.74, 6) is 0.195. The van der Waals surface area contributed by atoms with Crippen molar-refractivity contribution in [3.63, 3.8) is 0 Å². The third-order valence-electron chi connectivity index (χ3n) is 1.56. The Morgan fingerprint density at radius 2 is 1.75 bits per heavy atom. The molecule has 0 N–H and O–H groups in total. The van der Waals surface area contributed by atoms with E-state index in [1.54, 1.807) is 18.2 Å². The minimum atomic E-state index is -4.31. The smallest absolute Gasteiger partial charge is 0.422 e. The molecule has 0 bridgehead atoms. The summed E-state index contributed by atoms with van der Waals surface area (Å²) >= 11 is 6.37. The van der Waals surface area contributed by atoms with Gasteiger partial charge in [0.15, 0.2) is 6.61 Å². The molecule has 0 aliphatic heterocycles. The Labute approximate surface area is 108 Å². The predicted octanol–water partition coefficient (Wildman–Crippen LogP) is 4.72. The highest BCUT2D eigenvalue weighted by molar-refractivity contribution is 9.28. The van der Waals surface area contributed by atoms with E-state index in [0.717, 1.165) is 8.96 Å². The fourth-order valence-corrected chi connectivity index (χ4v) is 1.48. The highest BCUT2D eigenvalue weighted by atomic mass is 79.9. The van der Waals surface area contributed by atoms with Crippen molar-refractivity contribution in [3.05, 3.63) is 33.2 Å². The predicted molar refractivity (Wildman–Crippen MR) is 63.8 cm³/mol. The minimum absolute atomic E-state index is 0.195. The lowest BCUT2D eigenvalue weighted by atomic mass is 10.2. The Morgan fingerprint density at radius 3 is 2.19 bits per heavy atom. The molecule has 6 heteroatoms. The van der Waals surface area contributed by atoms with E-state index >= 15 is 0 Å². The summed E-state index contributed by atoms with van der Waals surface area (Å²) in [7, 11) is 0. The van der Waals surface area contributed by atoms with Gasteiger partial charge in [-0.1, -0.05) is 12.1 Å². The second kappa shape index (κ2) is 5.72. The van der Waals surface area contributed by atoms with E-state index in [9.17, 15) is 13.2 Å². The quantitative estimate of drug-likeness (QED) is 0.759. The molecule has 88 valence electrons. The molecule has 0 atom stereocenters. The molecule has 1 rings (SSSR count). The topological polar surface area (TPSA) is 9.23 Å². The maximum Gasteiger partial charge on any atom is 0.422 e. The van der Waals surface area contributed by atoms with Crippen molar-refractivity contribution in [3.8, 4) is 5.75 Å². The van der Waals surface area contributed by atoms with Gasteiger partial charge in [0.25, 0.3) is 0 Å². The number of halogens is 5. The van der Waals surface area contributed by atoms with Crippen LogP contribution >= 0.6 is 31.9 Å². The molecule has 0 unspecified atom stereocenters. The van der Waals surface area contributed by atoms with Crippen LogP contribution < -0.4 is 4.74 Å². The van der Waals surface area contributed by atoms with E-state index in [1.807, 2.05) is 0 Å². The van der Waals surface area contributed by atoms with Gasteiger partial charge >= 0.3 is 6.18 Å². The average molecular weight is 360 g/mol. The second-order valence-corrected chi connectivity index (χ2v) is 5.68. The molecular formula is C10H7Br2F3O. The first kappa shape index (κ1) is 13.6. The summed E-state index contributed by atoms with van der Waals surface area (Å²) in [6.45, 7) is -1.27. The average Bonchev–Trinajstić information content (AvgIpc) is 2.14. The number of hydrogen-bond acceptors (Lipinski definition) is 1. The minimum Gasteiger partial charge on any atom is -0.484 e. The van der Waals surface area contributed by atoms with Crippen LogP contribution in [-0.2, 0) is 0 Å². The molecule has 0 amide bonds. The highest BCUT2D eigenvalue weighted by Crippen LogP contribution is 2.21. The molecule has 0 spiro atoms. The van der Waals surface area contributed by atoms with Crippen molar-refractivity contribution in [2.75, 3.05) is 6.61 Å². The maximum atomic E-state index is 11.8. The van der Waals surface area contributed by atoms with Crippen LogP contribution in [0.1, 0.15) is 5.56 Å². The molecule has 0 saturated heterocycles. The van der Waals surface area contributed by atoms with Crippen molar-refractivity contribution in [1.82, 2.24) is 0 Å². The summed E-state index contributed by atoms with van der Waals surface area (Å²) < 4.78 is 40.9.